The molecule has 2 aromatic carbocycles. The number of aliphatic hydroxyl groups excluding tert-OH is 1. The molecule has 0 aliphatic carbocycles. The lowest BCUT2D eigenvalue weighted by molar-refractivity contribution is 0.282. The molecule has 0 radical (unpaired) electrons. The predicted octanol–water partition coefficient (Wildman–Crippen LogP) is 4.90. The molecule has 1 nitrogen and oxygen atoms in total. The van der Waals surface area contributed by atoms with Gasteiger partial charge >= 0.3 is 0 Å². The molecule has 0 bridgehead atoms. The van der Waals surface area contributed by atoms with Crippen LogP contribution in [0.1, 0.15) is 29.9 Å². The number of benzene rings is 2. The fourth-order valence-electron chi connectivity index (χ4n) is 2.24. The van der Waals surface area contributed by atoms with Gasteiger partial charge in [-0.05, 0) is 36.1 Å². The van der Waals surface area contributed by atoms with Gasteiger partial charge in [-0.1, -0.05) is 59.6 Å². The summed E-state index contributed by atoms with van der Waals surface area (Å²) in [7, 11) is 0. The maximum atomic E-state index is 9.06. The van der Waals surface area contributed by atoms with E-state index in [2.05, 4.69) is 12.1 Å². The van der Waals surface area contributed by atoms with Crippen molar-refractivity contribution in [2.75, 3.05) is 6.61 Å². The summed E-state index contributed by atoms with van der Waals surface area (Å²) >= 11 is 12.1. The molecular formula is C16H16Cl2O. The molecule has 100 valence electrons. The van der Waals surface area contributed by atoms with Crippen molar-refractivity contribution < 1.29 is 5.11 Å². The molecule has 0 aliphatic heterocycles. The van der Waals surface area contributed by atoms with Crippen LogP contribution in [0.25, 0.3) is 0 Å². The van der Waals surface area contributed by atoms with Gasteiger partial charge in [0.25, 0.3) is 0 Å². The summed E-state index contributed by atoms with van der Waals surface area (Å²) in [5.41, 5.74) is 2.36. The number of halogens is 2. The first-order valence-corrected chi connectivity index (χ1v) is 7.08. The SMILES string of the molecule is OCCC[C@H](c1ccccc1)c1ccc(Cl)c(Cl)c1. The van der Waals surface area contributed by atoms with Gasteiger partial charge in [0.1, 0.15) is 0 Å². The summed E-state index contributed by atoms with van der Waals surface area (Å²) in [6.07, 6.45) is 1.65. The van der Waals surface area contributed by atoms with Gasteiger partial charge < -0.3 is 5.11 Å². The van der Waals surface area contributed by atoms with E-state index >= 15 is 0 Å². The summed E-state index contributed by atoms with van der Waals surface area (Å²) in [4.78, 5) is 0. The molecule has 2 rings (SSSR count). The standard InChI is InChI=1S/C16H16Cl2O/c17-15-9-8-13(11-16(15)18)14(7-4-10-19)12-5-2-1-3-6-12/h1-3,5-6,8-9,11,14,19H,4,7,10H2/t14-/m1/s1. The summed E-state index contributed by atoms with van der Waals surface area (Å²) < 4.78 is 0. The Bertz CT molecular complexity index is 526. The Hall–Kier alpha value is -1.02. The molecule has 0 unspecified atom stereocenters. The minimum Gasteiger partial charge on any atom is -0.396 e. The zero-order valence-electron chi connectivity index (χ0n) is 10.5. The third kappa shape index (κ3) is 3.73. The number of aliphatic hydroxyl groups is 1. The second-order valence-electron chi connectivity index (χ2n) is 4.50. The molecule has 3 heteroatoms. The largest absolute Gasteiger partial charge is 0.396 e. The third-order valence-corrected chi connectivity index (χ3v) is 3.94. The van der Waals surface area contributed by atoms with E-state index < -0.39 is 0 Å². The predicted molar refractivity (Wildman–Crippen MR) is 81.1 cm³/mol. The smallest absolute Gasteiger partial charge is 0.0595 e. The molecular weight excluding hydrogens is 279 g/mol. The minimum atomic E-state index is 0.199. The molecule has 19 heavy (non-hydrogen) atoms. The van der Waals surface area contributed by atoms with Crippen LogP contribution in [0.15, 0.2) is 48.5 Å². The van der Waals surface area contributed by atoms with Crippen LogP contribution in [0, 0.1) is 0 Å². The summed E-state index contributed by atoms with van der Waals surface area (Å²) in [6, 6.07) is 16.0. The molecule has 0 aromatic heterocycles. The van der Waals surface area contributed by atoms with E-state index in [0.717, 1.165) is 18.4 Å². The fourth-order valence-corrected chi connectivity index (χ4v) is 2.54. The highest BCUT2D eigenvalue weighted by molar-refractivity contribution is 6.42. The van der Waals surface area contributed by atoms with Gasteiger partial charge in [-0.15, -0.1) is 0 Å². The number of hydrogen-bond acceptors (Lipinski definition) is 1. The molecule has 0 saturated carbocycles. The van der Waals surface area contributed by atoms with Gasteiger partial charge in [0.05, 0.1) is 10.0 Å². The average Bonchev–Trinajstić information content (AvgIpc) is 2.44. The van der Waals surface area contributed by atoms with Crippen LogP contribution in [0.2, 0.25) is 10.0 Å². The van der Waals surface area contributed by atoms with E-state index in [1.54, 1.807) is 0 Å². The van der Waals surface area contributed by atoms with E-state index in [4.69, 9.17) is 28.3 Å². The van der Waals surface area contributed by atoms with E-state index in [0.29, 0.717) is 10.0 Å². The highest BCUT2D eigenvalue weighted by Crippen LogP contribution is 2.33. The van der Waals surface area contributed by atoms with Gasteiger partial charge in [-0.2, -0.15) is 0 Å². The lowest BCUT2D eigenvalue weighted by Gasteiger charge is -2.18. The third-order valence-electron chi connectivity index (χ3n) is 3.20. The van der Waals surface area contributed by atoms with Crippen LogP contribution >= 0.6 is 23.2 Å². The highest BCUT2D eigenvalue weighted by Gasteiger charge is 2.14. The van der Waals surface area contributed by atoms with Crippen LogP contribution in [0.5, 0.6) is 0 Å². The molecule has 0 amide bonds. The Morgan fingerprint density at radius 3 is 2.26 bits per heavy atom. The lowest BCUT2D eigenvalue weighted by Crippen LogP contribution is -2.02. The molecule has 0 aliphatic rings. The second kappa shape index (κ2) is 6.95. The van der Waals surface area contributed by atoms with Crippen molar-refractivity contribution in [2.45, 2.75) is 18.8 Å². The molecule has 1 atom stereocenters. The zero-order valence-corrected chi connectivity index (χ0v) is 12.0. The van der Waals surface area contributed by atoms with Crippen molar-refractivity contribution in [3.8, 4) is 0 Å². The molecule has 1 N–H and O–H groups in total. The minimum absolute atomic E-state index is 0.199. The Kier molecular flexibility index (Phi) is 5.26. The number of hydrogen-bond donors (Lipinski definition) is 1. The summed E-state index contributed by atoms with van der Waals surface area (Å²) in [5, 5.41) is 10.2. The van der Waals surface area contributed by atoms with Gasteiger partial charge in [-0.25, -0.2) is 0 Å². The molecule has 0 spiro atoms. The molecule has 0 saturated heterocycles. The first-order valence-electron chi connectivity index (χ1n) is 6.33. The molecule has 0 heterocycles. The Labute approximate surface area is 123 Å². The Morgan fingerprint density at radius 1 is 0.895 bits per heavy atom. The average molecular weight is 295 g/mol. The maximum absolute atomic E-state index is 9.06. The zero-order chi connectivity index (χ0) is 13.7. The van der Waals surface area contributed by atoms with Crippen molar-refractivity contribution in [3.63, 3.8) is 0 Å². The van der Waals surface area contributed by atoms with E-state index in [1.165, 1.54) is 5.56 Å². The van der Waals surface area contributed by atoms with Crippen LogP contribution in [0.4, 0.5) is 0 Å². The lowest BCUT2D eigenvalue weighted by atomic mass is 9.87. The number of rotatable bonds is 5. The monoisotopic (exact) mass is 294 g/mol. The van der Waals surface area contributed by atoms with Gasteiger partial charge in [0.2, 0.25) is 0 Å². The first-order chi connectivity index (χ1) is 9.22. The van der Waals surface area contributed by atoms with E-state index in [-0.39, 0.29) is 12.5 Å². The van der Waals surface area contributed by atoms with Gasteiger partial charge in [0, 0.05) is 12.5 Å². The Morgan fingerprint density at radius 2 is 1.63 bits per heavy atom. The topological polar surface area (TPSA) is 20.2 Å². The van der Waals surface area contributed by atoms with Crippen molar-refractivity contribution in [3.05, 3.63) is 69.7 Å². The van der Waals surface area contributed by atoms with Crippen molar-refractivity contribution in [1.29, 1.82) is 0 Å². The van der Waals surface area contributed by atoms with Gasteiger partial charge in [-0.3, -0.25) is 0 Å². The van der Waals surface area contributed by atoms with Gasteiger partial charge in [0.15, 0.2) is 0 Å². The van der Waals surface area contributed by atoms with E-state index in [1.807, 2.05) is 36.4 Å². The Balaban J connectivity index is 2.34. The van der Waals surface area contributed by atoms with Crippen molar-refractivity contribution in [1.82, 2.24) is 0 Å². The second-order valence-corrected chi connectivity index (χ2v) is 5.32. The van der Waals surface area contributed by atoms with Crippen LogP contribution < -0.4 is 0 Å². The summed E-state index contributed by atoms with van der Waals surface area (Å²) in [5.74, 6) is 0.239. The summed E-state index contributed by atoms with van der Waals surface area (Å²) in [6.45, 7) is 0.199. The molecule has 2 aromatic rings. The van der Waals surface area contributed by atoms with E-state index in [9.17, 15) is 0 Å². The van der Waals surface area contributed by atoms with Crippen molar-refractivity contribution >= 4 is 23.2 Å². The first kappa shape index (κ1) is 14.4. The van der Waals surface area contributed by atoms with Crippen LogP contribution in [0.3, 0.4) is 0 Å². The highest BCUT2D eigenvalue weighted by atomic mass is 35.5. The fraction of sp³-hybridized carbons (Fsp3) is 0.250. The normalized spacial score (nSPS) is 12.4. The van der Waals surface area contributed by atoms with Crippen LogP contribution in [-0.2, 0) is 0 Å². The van der Waals surface area contributed by atoms with Crippen molar-refractivity contribution in [2.24, 2.45) is 0 Å². The van der Waals surface area contributed by atoms with Crippen LogP contribution in [-0.4, -0.2) is 11.7 Å². The quantitative estimate of drug-likeness (QED) is 0.832. The maximum Gasteiger partial charge on any atom is 0.0595 e. The molecule has 0 fully saturated rings.